The molecule has 1 saturated carbocycles. The Morgan fingerprint density at radius 3 is 2.29 bits per heavy atom. The molecule has 0 radical (unpaired) electrons. The van der Waals surface area contributed by atoms with Gasteiger partial charge >= 0.3 is 11.7 Å². The lowest BCUT2D eigenvalue weighted by Gasteiger charge is -2.25. The Morgan fingerprint density at radius 1 is 0.887 bits per heavy atom. The van der Waals surface area contributed by atoms with Gasteiger partial charge in [-0.15, -0.1) is 0 Å². The molecule has 0 aliphatic heterocycles. The van der Waals surface area contributed by atoms with Gasteiger partial charge in [-0.1, -0.05) is 32.4 Å². The molecule has 4 heterocycles. The van der Waals surface area contributed by atoms with Gasteiger partial charge in [0, 0.05) is 55.4 Å². The minimum absolute atomic E-state index is 0.139. The monoisotopic (exact) mass is 867 g/mol. The predicted octanol–water partition coefficient (Wildman–Crippen LogP) is 4.73. The number of aromatic nitrogens is 6. The van der Waals surface area contributed by atoms with Gasteiger partial charge in [0.05, 0.1) is 51.7 Å². The summed E-state index contributed by atoms with van der Waals surface area (Å²) < 4.78 is 67.6. The van der Waals surface area contributed by atoms with Crippen molar-refractivity contribution in [1.29, 1.82) is 0 Å². The maximum absolute atomic E-state index is 15.6. The van der Waals surface area contributed by atoms with Crippen LogP contribution in [0.4, 0.5) is 14.5 Å². The van der Waals surface area contributed by atoms with Gasteiger partial charge in [-0.25, -0.2) is 41.3 Å². The van der Waals surface area contributed by atoms with E-state index in [1.807, 2.05) is 18.6 Å². The summed E-state index contributed by atoms with van der Waals surface area (Å²) in [7, 11) is -2.93. The summed E-state index contributed by atoms with van der Waals surface area (Å²) in [4.78, 5) is 70.3. The normalized spacial score (nSPS) is 13.8. The average Bonchev–Trinajstić information content (AvgIpc) is 3.27. The number of nitrogens with zero attached hydrogens (tertiary/aromatic N) is 6. The van der Waals surface area contributed by atoms with Crippen LogP contribution in [0, 0.1) is 11.6 Å². The number of ether oxygens (including phenoxy) is 1. The van der Waals surface area contributed by atoms with Crippen LogP contribution in [0.15, 0.2) is 100 Å². The number of aryl methyl sites for hydroxylation is 1. The van der Waals surface area contributed by atoms with Crippen molar-refractivity contribution in [2.45, 2.75) is 82.0 Å². The maximum Gasteiger partial charge on any atom is 0.335 e. The van der Waals surface area contributed by atoms with Crippen molar-refractivity contribution < 1.29 is 31.5 Å². The molecule has 1 atom stereocenters. The molecule has 16 nitrogen and oxygen atoms in total. The van der Waals surface area contributed by atoms with Gasteiger partial charge in [0.1, 0.15) is 29.6 Å². The van der Waals surface area contributed by atoms with E-state index in [2.05, 4.69) is 30.6 Å². The van der Waals surface area contributed by atoms with Crippen molar-refractivity contribution in [3.8, 4) is 16.8 Å². The van der Waals surface area contributed by atoms with Crippen LogP contribution in [-0.4, -0.2) is 67.6 Å². The fourth-order valence-electron chi connectivity index (χ4n) is 6.98. The second-order valence-corrected chi connectivity index (χ2v) is 16.9. The van der Waals surface area contributed by atoms with Crippen molar-refractivity contribution in [3.05, 3.63) is 135 Å². The lowest BCUT2D eigenvalue weighted by molar-refractivity contribution is -0.152. The van der Waals surface area contributed by atoms with Gasteiger partial charge in [-0.3, -0.25) is 28.8 Å². The van der Waals surface area contributed by atoms with Crippen LogP contribution in [0.25, 0.3) is 27.7 Å². The van der Waals surface area contributed by atoms with Crippen molar-refractivity contribution in [2.75, 3.05) is 4.72 Å². The van der Waals surface area contributed by atoms with Crippen molar-refractivity contribution >= 4 is 38.5 Å². The zero-order valence-corrected chi connectivity index (χ0v) is 34.8. The van der Waals surface area contributed by atoms with E-state index in [4.69, 9.17) is 4.74 Å². The predicted molar refractivity (Wildman–Crippen MR) is 225 cm³/mol. The van der Waals surface area contributed by atoms with E-state index >= 15 is 8.78 Å². The Kier molecular flexibility index (Phi) is 12.9. The zero-order valence-electron chi connectivity index (χ0n) is 34.0. The first kappa shape index (κ1) is 43.4. The summed E-state index contributed by atoms with van der Waals surface area (Å²) >= 11 is 0. The Balaban J connectivity index is 1.07. The van der Waals surface area contributed by atoms with Gasteiger partial charge in [-0.05, 0) is 67.6 Å². The first-order valence-electron chi connectivity index (χ1n) is 19.9. The molecule has 0 bridgehead atoms. The number of anilines is 1. The number of nitrogens with one attached hydrogen (secondary N) is 3. The molecule has 1 fully saturated rings. The molecule has 322 valence electrons. The van der Waals surface area contributed by atoms with E-state index in [1.54, 1.807) is 12.4 Å². The quantitative estimate of drug-likeness (QED) is 0.127. The first-order chi connectivity index (χ1) is 29.7. The lowest BCUT2D eigenvalue weighted by atomic mass is 9.97. The summed E-state index contributed by atoms with van der Waals surface area (Å²) in [6.45, 7) is 4.49. The summed E-state index contributed by atoms with van der Waals surface area (Å²) in [5.41, 5.74) is -0.811. The number of pyridine rings is 2. The minimum Gasteiger partial charge on any atom is -0.461 e. The number of hydrogen-bond donors (Lipinski definition) is 3. The van der Waals surface area contributed by atoms with E-state index in [9.17, 15) is 27.6 Å². The third kappa shape index (κ3) is 9.74. The van der Waals surface area contributed by atoms with Crippen LogP contribution in [0.1, 0.15) is 67.8 Å². The zero-order chi connectivity index (χ0) is 44.1. The van der Waals surface area contributed by atoms with Crippen LogP contribution in [0.2, 0.25) is 0 Å². The third-order valence-electron chi connectivity index (χ3n) is 10.4. The molecule has 7 rings (SSSR count). The van der Waals surface area contributed by atoms with Gasteiger partial charge in [0.2, 0.25) is 0 Å². The van der Waals surface area contributed by atoms with Crippen LogP contribution in [-0.2, 0) is 39.6 Å². The van der Waals surface area contributed by atoms with E-state index in [0.29, 0.717) is 54.0 Å². The van der Waals surface area contributed by atoms with Gasteiger partial charge in [0.25, 0.3) is 21.5 Å². The number of halogens is 2. The fraction of sp³-hybridized carbons (Fsp3) is 0.302. The molecule has 1 amide bonds. The first-order valence-corrected chi connectivity index (χ1v) is 21.4. The van der Waals surface area contributed by atoms with Gasteiger partial charge in [-0.2, -0.15) is 0 Å². The van der Waals surface area contributed by atoms with Crippen LogP contribution in [0.3, 0.4) is 0 Å². The summed E-state index contributed by atoms with van der Waals surface area (Å²) in [5.74, 6) is -3.95. The molecule has 1 aliphatic carbocycles. The Hall–Kier alpha value is -6.73. The number of benzene rings is 2. The molecular formula is C43H43F2N9O7S. The summed E-state index contributed by atoms with van der Waals surface area (Å²) in [6, 6.07) is 9.92. The smallest absolute Gasteiger partial charge is 0.335 e. The molecule has 0 spiro atoms. The van der Waals surface area contributed by atoms with Gasteiger partial charge < -0.3 is 15.4 Å². The van der Waals surface area contributed by atoms with Crippen molar-refractivity contribution in [1.82, 2.24) is 39.7 Å². The molecule has 4 aromatic heterocycles. The Morgan fingerprint density at radius 2 is 1.61 bits per heavy atom. The van der Waals surface area contributed by atoms with E-state index in [-0.39, 0.29) is 34.1 Å². The van der Waals surface area contributed by atoms with E-state index < -0.39 is 68.2 Å². The molecule has 2 aromatic carbocycles. The lowest BCUT2D eigenvalue weighted by Crippen LogP contribution is -2.45. The number of esters is 1. The number of carbonyl (C=O) groups is 2. The Labute approximate surface area is 354 Å². The highest BCUT2D eigenvalue weighted by Crippen LogP contribution is 2.26. The highest BCUT2D eigenvalue weighted by Gasteiger charge is 2.29. The number of carbonyl (C=O) groups excluding carboxylic acids is 2. The number of amides is 1. The molecule has 19 heteroatoms. The highest BCUT2D eigenvalue weighted by molar-refractivity contribution is 7.92. The number of fused-ring (bicyclic) bond motifs is 1. The molecule has 6 aromatic rings. The largest absolute Gasteiger partial charge is 0.461 e. The molecule has 0 saturated heterocycles. The van der Waals surface area contributed by atoms with Crippen LogP contribution >= 0.6 is 0 Å². The van der Waals surface area contributed by atoms with Crippen molar-refractivity contribution in [2.24, 2.45) is 7.05 Å². The van der Waals surface area contributed by atoms with E-state index in [0.717, 1.165) is 23.8 Å². The Bertz CT molecular complexity index is 2850. The minimum atomic E-state index is -4.43. The summed E-state index contributed by atoms with van der Waals surface area (Å²) in [5, 5.41) is 5.91. The molecule has 3 N–H and O–H groups in total. The average molecular weight is 868 g/mol. The summed E-state index contributed by atoms with van der Waals surface area (Å²) in [6.07, 6.45) is 10.6. The van der Waals surface area contributed by atoms with Crippen LogP contribution < -0.4 is 26.6 Å². The maximum atomic E-state index is 15.6. The molecule has 0 unspecified atom stereocenters. The fourth-order valence-corrected chi connectivity index (χ4v) is 8.04. The third-order valence-corrected chi connectivity index (χ3v) is 11.8. The topological polar surface area (TPSA) is 209 Å². The SMILES string of the molecule is CC(C)NCc1ncc(-c2ccc(S(=O)(=O)Nc3cc(F)c(C(=O)N[C@@H](Cc4ccc(-n5c(=O)c6ccncc6n(C)c5=O)cn4)C(=O)OC4CCCCC4)cc3F)cc2)cn1. The van der Waals surface area contributed by atoms with Gasteiger partial charge in [0.15, 0.2) is 0 Å². The van der Waals surface area contributed by atoms with Crippen molar-refractivity contribution in [3.63, 3.8) is 0 Å². The number of hydrogen-bond acceptors (Lipinski definition) is 12. The highest BCUT2D eigenvalue weighted by atomic mass is 32.2. The molecular weight excluding hydrogens is 825 g/mol. The standard InChI is InChI=1S/C43H43F2N9O7S/c1-25(2)47-24-39-49-20-27(21-50-39)26-9-13-31(14-10-26)62(59,60)52-36-19-34(44)33(18-35(36)45)40(55)51-37(42(57)61-30-7-5-4-6-8-30)17-28-11-12-29(22-48-28)54-41(56)32-15-16-46-23-38(32)53(3)43(54)58/h9-16,18-23,25,30,37,47,52H,4-8,17,24H2,1-3H3,(H,51,55)/t37-/m0/s1. The second-order valence-electron chi connectivity index (χ2n) is 15.2. The number of sulfonamides is 1. The second kappa shape index (κ2) is 18.5. The molecule has 1 aliphatic rings. The number of rotatable bonds is 14. The molecule has 62 heavy (non-hydrogen) atoms. The van der Waals surface area contributed by atoms with E-state index in [1.165, 1.54) is 72.7 Å². The van der Waals surface area contributed by atoms with Crippen LogP contribution in [0.5, 0.6) is 0 Å².